The zero-order chi connectivity index (χ0) is 30.3. The van der Waals surface area contributed by atoms with Gasteiger partial charge in [-0.15, -0.1) is 0 Å². The van der Waals surface area contributed by atoms with Crippen LogP contribution >= 0.6 is 11.6 Å². The lowest BCUT2D eigenvalue weighted by atomic mass is 9.95. The van der Waals surface area contributed by atoms with E-state index in [-0.39, 0.29) is 23.4 Å². The lowest BCUT2D eigenvalue weighted by Crippen LogP contribution is -2.53. The highest BCUT2D eigenvalue weighted by molar-refractivity contribution is 7.92. The molecule has 3 aromatic carbocycles. The van der Waals surface area contributed by atoms with Crippen molar-refractivity contribution in [2.45, 2.75) is 69.5 Å². The summed E-state index contributed by atoms with van der Waals surface area (Å²) in [5.74, 6) is -0.166. The number of methoxy groups -OCH3 is 1. The van der Waals surface area contributed by atoms with E-state index >= 15 is 0 Å². The Morgan fingerprint density at radius 3 is 2.38 bits per heavy atom. The average Bonchev–Trinajstić information content (AvgIpc) is 2.99. The number of ether oxygens (including phenoxy) is 1. The predicted octanol–water partition coefficient (Wildman–Crippen LogP) is 5.72. The van der Waals surface area contributed by atoms with Gasteiger partial charge in [-0.25, -0.2) is 8.42 Å². The summed E-state index contributed by atoms with van der Waals surface area (Å²) in [4.78, 5) is 29.1. The van der Waals surface area contributed by atoms with Gasteiger partial charge in [0.1, 0.15) is 18.3 Å². The molecule has 0 radical (unpaired) electrons. The van der Waals surface area contributed by atoms with Crippen LogP contribution < -0.4 is 14.4 Å². The van der Waals surface area contributed by atoms with Gasteiger partial charge >= 0.3 is 0 Å². The van der Waals surface area contributed by atoms with Crippen molar-refractivity contribution in [3.63, 3.8) is 0 Å². The Kier molecular flexibility index (Phi) is 10.5. The van der Waals surface area contributed by atoms with Crippen molar-refractivity contribution < 1.29 is 22.7 Å². The van der Waals surface area contributed by atoms with Gasteiger partial charge in [0, 0.05) is 17.6 Å². The minimum atomic E-state index is -4.15. The summed E-state index contributed by atoms with van der Waals surface area (Å²) in [5, 5.41) is 3.57. The first-order valence-corrected chi connectivity index (χ1v) is 16.0. The second kappa shape index (κ2) is 14.1. The van der Waals surface area contributed by atoms with Crippen LogP contribution in [0.4, 0.5) is 5.69 Å². The molecule has 8 nitrogen and oxygen atoms in total. The molecule has 1 fully saturated rings. The number of sulfonamides is 1. The number of carbonyl (C=O) groups excluding carboxylic acids is 2. The van der Waals surface area contributed by atoms with E-state index in [1.54, 1.807) is 69.5 Å². The molecule has 0 unspecified atom stereocenters. The molecule has 1 aliphatic rings. The van der Waals surface area contributed by atoms with Crippen molar-refractivity contribution in [3.05, 3.63) is 88.9 Å². The van der Waals surface area contributed by atoms with Gasteiger partial charge in [-0.05, 0) is 80.3 Å². The summed E-state index contributed by atoms with van der Waals surface area (Å²) in [6.45, 7) is 3.01. The van der Waals surface area contributed by atoms with Gasteiger partial charge in [-0.3, -0.25) is 13.9 Å². The molecule has 42 heavy (non-hydrogen) atoms. The maximum Gasteiger partial charge on any atom is 0.264 e. The van der Waals surface area contributed by atoms with E-state index in [0.29, 0.717) is 22.0 Å². The number of amides is 2. The zero-order valence-electron chi connectivity index (χ0n) is 24.3. The van der Waals surface area contributed by atoms with Gasteiger partial charge in [0.25, 0.3) is 10.0 Å². The summed E-state index contributed by atoms with van der Waals surface area (Å²) in [6.07, 6.45) is 5.07. The van der Waals surface area contributed by atoms with Gasteiger partial charge in [-0.2, -0.15) is 0 Å². The maximum atomic E-state index is 14.2. The number of rotatable bonds is 11. The molecule has 10 heteroatoms. The lowest BCUT2D eigenvalue weighted by Gasteiger charge is -2.33. The number of nitrogens with one attached hydrogen (secondary N) is 1. The standard InChI is InChI=1S/C32H38ClN3O5S/c1-23-19-26(33)17-18-30(23)36(42(39,40)29-15-8-5-9-16-29)22-31(37)35(21-25-11-10-14-28(20-25)41-3)24(2)32(38)34-27-12-6-4-7-13-27/h5,8-11,14-20,24,27H,4,6-7,12-13,21-22H2,1-3H3,(H,34,38)/t24-/m1/s1. The molecule has 4 rings (SSSR count). The normalized spacial score (nSPS) is 14.6. The molecule has 224 valence electrons. The molecular weight excluding hydrogens is 574 g/mol. The molecule has 0 spiro atoms. The van der Waals surface area contributed by atoms with Gasteiger partial charge in [0.15, 0.2) is 0 Å². The third-order valence-electron chi connectivity index (χ3n) is 7.64. The van der Waals surface area contributed by atoms with Crippen LogP contribution in [0, 0.1) is 6.92 Å². The molecule has 1 N–H and O–H groups in total. The fraction of sp³-hybridized carbons (Fsp3) is 0.375. The molecule has 1 saturated carbocycles. The van der Waals surface area contributed by atoms with E-state index in [1.807, 2.05) is 12.1 Å². The molecule has 3 aromatic rings. The van der Waals surface area contributed by atoms with Crippen molar-refractivity contribution in [1.82, 2.24) is 10.2 Å². The molecule has 0 bridgehead atoms. The van der Waals surface area contributed by atoms with Crippen molar-refractivity contribution in [1.29, 1.82) is 0 Å². The Bertz CT molecular complexity index is 1490. The van der Waals surface area contributed by atoms with Crippen LogP contribution in [0.3, 0.4) is 0 Å². The largest absolute Gasteiger partial charge is 0.497 e. The smallest absolute Gasteiger partial charge is 0.264 e. The van der Waals surface area contributed by atoms with Crippen LogP contribution in [-0.2, 0) is 26.2 Å². The third-order valence-corrected chi connectivity index (χ3v) is 9.65. The summed E-state index contributed by atoms with van der Waals surface area (Å²) in [5.41, 5.74) is 1.68. The summed E-state index contributed by atoms with van der Waals surface area (Å²) < 4.78 is 34.4. The first kappa shape index (κ1) is 31.4. The minimum absolute atomic E-state index is 0.0505. The Morgan fingerprint density at radius 1 is 1.00 bits per heavy atom. The Balaban J connectivity index is 1.70. The van der Waals surface area contributed by atoms with Crippen molar-refractivity contribution in [2.24, 2.45) is 0 Å². The number of aryl methyl sites for hydroxylation is 1. The van der Waals surface area contributed by atoms with Gasteiger partial charge in [0.2, 0.25) is 11.8 Å². The first-order chi connectivity index (χ1) is 20.1. The van der Waals surface area contributed by atoms with Crippen LogP contribution in [0.1, 0.15) is 50.2 Å². The third kappa shape index (κ3) is 7.63. The van der Waals surface area contributed by atoms with Crippen LogP contribution in [0.5, 0.6) is 5.75 Å². The molecule has 0 saturated heterocycles. The zero-order valence-corrected chi connectivity index (χ0v) is 25.8. The Morgan fingerprint density at radius 2 is 1.71 bits per heavy atom. The van der Waals surface area contributed by atoms with Crippen molar-refractivity contribution >= 4 is 39.1 Å². The van der Waals surface area contributed by atoms with Crippen LogP contribution in [0.15, 0.2) is 77.7 Å². The van der Waals surface area contributed by atoms with E-state index < -0.39 is 28.5 Å². The molecule has 2 amide bonds. The lowest BCUT2D eigenvalue weighted by molar-refractivity contribution is -0.139. The van der Waals surface area contributed by atoms with Crippen LogP contribution in [-0.4, -0.2) is 50.9 Å². The quantitative estimate of drug-likeness (QED) is 0.299. The van der Waals surface area contributed by atoms with E-state index in [9.17, 15) is 18.0 Å². The van der Waals surface area contributed by atoms with Crippen molar-refractivity contribution in [2.75, 3.05) is 18.0 Å². The number of hydrogen-bond donors (Lipinski definition) is 1. The predicted molar refractivity (Wildman–Crippen MR) is 165 cm³/mol. The van der Waals surface area contributed by atoms with Gasteiger partial charge in [-0.1, -0.05) is 61.2 Å². The van der Waals surface area contributed by atoms with Gasteiger partial charge in [0.05, 0.1) is 17.7 Å². The highest BCUT2D eigenvalue weighted by Gasteiger charge is 2.33. The molecule has 0 aliphatic heterocycles. The highest BCUT2D eigenvalue weighted by atomic mass is 35.5. The maximum absolute atomic E-state index is 14.2. The summed E-state index contributed by atoms with van der Waals surface area (Å²) in [7, 11) is -2.59. The number of halogens is 1. The van der Waals surface area contributed by atoms with E-state index in [0.717, 1.165) is 42.0 Å². The Labute approximate surface area is 253 Å². The van der Waals surface area contributed by atoms with Crippen LogP contribution in [0.25, 0.3) is 0 Å². The first-order valence-electron chi connectivity index (χ1n) is 14.2. The second-order valence-electron chi connectivity index (χ2n) is 10.6. The average molecular weight is 612 g/mol. The highest BCUT2D eigenvalue weighted by Crippen LogP contribution is 2.29. The number of anilines is 1. The molecule has 1 atom stereocenters. The van der Waals surface area contributed by atoms with E-state index in [2.05, 4.69) is 5.32 Å². The fourth-order valence-corrected chi connectivity index (χ4v) is 6.98. The number of carbonyl (C=O) groups is 2. The molecular formula is C32H38ClN3O5S. The number of hydrogen-bond acceptors (Lipinski definition) is 5. The topological polar surface area (TPSA) is 96.0 Å². The van der Waals surface area contributed by atoms with Crippen molar-refractivity contribution in [3.8, 4) is 5.75 Å². The minimum Gasteiger partial charge on any atom is -0.497 e. The summed E-state index contributed by atoms with van der Waals surface area (Å²) >= 11 is 6.18. The van der Waals surface area contributed by atoms with E-state index in [1.165, 1.54) is 17.0 Å². The number of nitrogens with zero attached hydrogens (tertiary/aromatic N) is 2. The summed E-state index contributed by atoms with van der Waals surface area (Å²) in [6, 6.07) is 19.3. The SMILES string of the molecule is COc1cccc(CN(C(=O)CN(c2ccc(Cl)cc2C)S(=O)(=O)c2ccccc2)[C@H](C)C(=O)NC2CCCCC2)c1. The van der Waals surface area contributed by atoms with Gasteiger partial charge < -0.3 is 15.0 Å². The monoisotopic (exact) mass is 611 g/mol. The molecule has 0 heterocycles. The molecule has 0 aromatic heterocycles. The molecule has 1 aliphatic carbocycles. The second-order valence-corrected chi connectivity index (χ2v) is 12.9. The fourth-order valence-electron chi connectivity index (χ4n) is 5.25. The Hall–Kier alpha value is -3.56. The number of benzene rings is 3. The van der Waals surface area contributed by atoms with E-state index in [4.69, 9.17) is 16.3 Å². The van der Waals surface area contributed by atoms with Crippen LogP contribution in [0.2, 0.25) is 5.02 Å².